The van der Waals surface area contributed by atoms with Gasteiger partial charge >= 0.3 is 12.1 Å². The molecule has 0 radical (unpaired) electrons. The van der Waals surface area contributed by atoms with Gasteiger partial charge in [0.2, 0.25) is 0 Å². The van der Waals surface area contributed by atoms with E-state index in [0.29, 0.717) is 11.8 Å². The number of carbonyl (C=O) groups excluding carboxylic acids is 2. The lowest BCUT2D eigenvalue weighted by Crippen LogP contribution is -2.61. The lowest BCUT2D eigenvalue weighted by atomic mass is 9.78. The summed E-state index contributed by atoms with van der Waals surface area (Å²) in [6, 6.07) is 17.6. The molecule has 0 spiro atoms. The first-order valence-corrected chi connectivity index (χ1v) is 15.9. The van der Waals surface area contributed by atoms with Crippen molar-refractivity contribution < 1.29 is 38.0 Å². The molecule has 2 aromatic carbocycles. The second-order valence-electron chi connectivity index (χ2n) is 12.1. The topological polar surface area (TPSA) is 142 Å². The summed E-state index contributed by atoms with van der Waals surface area (Å²) >= 11 is 0. The monoisotopic (exact) mass is 638 g/mol. The number of hydrogen-bond acceptors (Lipinski definition) is 9. The molecule has 0 saturated carbocycles. The Hall–Kier alpha value is -3.67. The number of esters is 1. The smallest absolute Gasteiger partial charge is 0.412 e. The van der Waals surface area contributed by atoms with Crippen molar-refractivity contribution in [1.29, 1.82) is 0 Å². The first kappa shape index (κ1) is 35.2. The van der Waals surface area contributed by atoms with E-state index in [1.54, 1.807) is 6.92 Å². The SMILES string of the molecule is CCC1O[C@@H](O[C@@H]2C(C)O[C@@H](OCN(Cc3ccccc3)C(=O)OCc3ccccc3)C(N=[N+]=[N-])[C@H]2OC(C)=O)C(C)[C@@H](C)[C@@H]1C. The maximum absolute atomic E-state index is 13.3. The molecule has 250 valence electrons. The van der Waals surface area contributed by atoms with Crippen LogP contribution in [0, 0.1) is 17.8 Å². The van der Waals surface area contributed by atoms with E-state index < -0.39 is 49.0 Å². The van der Waals surface area contributed by atoms with Crippen LogP contribution in [0.25, 0.3) is 10.4 Å². The number of rotatable bonds is 12. The van der Waals surface area contributed by atoms with E-state index in [4.69, 9.17) is 28.4 Å². The van der Waals surface area contributed by atoms with Crippen molar-refractivity contribution in [3.8, 4) is 0 Å². The predicted molar refractivity (Wildman–Crippen MR) is 169 cm³/mol. The molecule has 1 amide bonds. The van der Waals surface area contributed by atoms with Gasteiger partial charge in [0.1, 0.15) is 31.6 Å². The maximum Gasteiger partial charge on any atom is 0.412 e. The Morgan fingerprint density at radius 3 is 2.15 bits per heavy atom. The molecule has 4 unspecified atom stereocenters. The minimum absolute atomic E-state index is 0.00411. The van der Waals surface area contributed by atoms with Gasteiger partial charge < -0.3 is 28.4 Å². The molecule has 2 heterocycles. The highest BCUT2D eigenvalue weighted by molar-refractivity contribution is 5.67. The van der Waals surface area contributed by atoms with E-state index in [1.807, 2.05) is 60.7 Å². The highest BCUT2D eigenvalue weighted by atomic mass is 16.7. The molecule has 0 aliphatic carbocycles. The van der Waals surface area contributed by atoms with Crippen LogP contribution in [-0.2, 0) is 46.4 Å². The standard InChI is InChI=1S/C34H46N4O8/c1-7-28-22(3)21(2)23(4)32(45-28)46-30-24(5)43-33(29(36-37-35)31(30)44-25(6)39)42-20-38(18-26-14-10-8-11-15-26)34(40)41-19-27-16-12-9-13-17-27/h8-17,21-24,28-33H,7,18-20H2,1-6H3/t21-,22-,23?,24?,28?,29?,30+,31+,32-,33+/m0/s1. The summed E-state index contributed by atoms with van der Waals surface area (Å²) < 4.78 is 36.6. The number of carbonyl (C=O) groups is 2. The highest BCUT2D eigenvalue weighted by Gasteiger charge is 2.50. The molecule has 0 N–H and O–H groups in total. The second-order valence-corrected chi connectivity index (χ2v) is 12.1. The summed E-state index contributed by atoms with van der Waals surface area (Å²) in [6.07, 6.45) is -4.04. The Morgan fingerprint density at radius 2 is 1.54 bits per heavy atom. The van der Waals surface area contributed by atoms with Gasteiger partial charge in [-0.25, -0.2) is 4.79 Å². The van der Waals surface area contributed by atoms with Crippen molar-refractivity contribution in [2.45, 2.75) is 104 Å². The Kier molecular flexibility index (Phi) is 12.8. The number of hydrogen-bond donors (Lipinski definition) is 0. The largest absolute Gasteiger partial charge is 0.459 e. The zero-order valence-corrected chi connectivity index (χ0v) is 27.4. The molecule has 12 heteroatoms. The summed E-state index contributed by atoms with van der Waals surface area (Å²) in [5, 5.41) is 3.94. The second kappa shape index (κ2) is 16.8. The van der Waals surface area contributed by atoms with Crippen LogP contribution in [0.15, 0.2) is 65.8 Å². The Morgan fingerprint density at radius 1 is 0.891 bits per heavy atom. The van der Waals surface area contributed by atoms with Crippen molar-refractivity contribution in [2.24, 2.45) is 22.9 Å². The maximum atomic E-state index is 13.3. The van der Waals surface area contributed by atoms with Gasteiger partial charge in [-0.2, -0.15) is 0 Å². The predicted octanol–water partition coefficient (Wildman–Crippen LogP) is 6.58. The molecule has 0 aromatic heterocycles. The molecule has 10 atom stereocenters. The molecule has 12 nitrogen and oxygen atoms in total. The first-order valence-electron chi connectivity index (χ1n) is 15.9. The molecule has 2 fully saturated rings. The van der Waals surface area contributed by atoms with E-state index in [1.165, 1.54) is 11.8 Å². The molecular weight excluding hydrogens is 592 g/mol. The number of benzene rings is 2. The summed E-state index contributed by atoms with van der Waals surface area (Å²) in [6.45, 7) is 11.6. The number of amides is 1. The quantitative estimate of drug-likeness (QED) is 0.0834. The van der Waals surface area contributed by atoms with Crippen LogP contribution < -0.4 is 0 Å². The van der Waals surface area contributed by atoms with Gasteiger partial charge in [0.15, 0.2) is 12.6 Å². The van der Waals surface area contributed by atoms with Crippen molar-refractivity contribution in [3.05, 3.63) is 82.2 Å². The van der Waals surface area contributed by atoms with E-state index in [0.717, 1.165) is 17.5 Å². The van der Waals surface area contributed by atoms with Gasteiger partial charge in [-0.05, 0) is 41.8 Å². The zero-order valence-electron chi connectivity index (χ0n) is 27.4. The van der Waals surface area contributed by atoms with Crippen LogP contribution in [0.4, 0.5) is 4.79 Å². The average Bonchev–Trinajstić information content (AvgIpc) is 3.05. The van der Waals surface area contributed by atoms with Gasteiger partial charge in [0, 0.05) is 17.8 Å². The van der Waals surface area contributed by atoms with Crippen molar-refractivity contribution >= 4 is 12.1 Å². The summed E-state index contributed by atoms with van der Waals surface area (Å²) in [5.74, 6) is 0.127. The fourth-order valence-electron chi connectivity index (χ4n) is 6.02. The number of nitrogens with zero attached hydrogens (tertiary/aromatic N) is 4. The molecule has 2 aliphatic heterocycles. The molecular formula is C34H46N4O8. The van der Waals surface area contributed by atoms with E-state index in [2.05, 4.69) is 37.7 Å². The lowest BCUT2D eigenvalue weighted by molar-refractivity contribution is -0.324. The third-order valence-corrected chi connectivity index (χ3v) is 8.99. The van der Waals surface area contributed by atoms with Crippen LogP contribution in [0.3, 0.4) is 0 Å². The van der Waals surface area contributed by atoms with Crippen molar-refractivity contribution in [3.63, 3.8) is 0 Å². The molecule has 0 bridgehead atoms. The van der Waals surface area contributed by atoms with Crippen LogP contribution in [0.5, 0.6) is 0 Å². The first-order chi connectivity index (χ1) is 22.1. The molecule has 2 saturated heterocycles. The Bertz CT molecular complexity index is 1310. The van der Waals surface area contributed by atoms with E-state index in [-0.39, 0.29) is 31.9 Å². The summed E-state index contributed by atoms with van der Waals surface area (Å²) in [4.78, 5) is 30.0. The van der Waals surface area contributed by atoms with Gasteiger partial charge in [0.25, 0.3) is 0 Å². The van der Waals surface area contributed by atoms with Crippen LogP contribution in [-0.4, -0.2) is 66.7 Å². The van der Waals surface area contributed by atoms with Gasteiger partial charge in [-0.15, -0.1) is 0 Å². The van der Waals surface area contributed by atoms with Crippen molar-refractivity contribution in [2.75, 3.05) is 6.73 Å². The number of azide groups is 1. The minimum Gasteiger partial charge on any atom is -0.459 e. The number of ether oxygens (including phenoxy) is 6. The van der Waals surface area contributed by atoms with Gasteiger partial charge in [-0.1, -0.05) is 93.5 Å². The molecule has 4 rings (SSSR count). The van der Waals surface area contributed by atoms with E-state index in [9.17, 15) is 15.1 Å². The average molecular weight is 639 g/mol. The fraction of sp³-hybridized carbons (Fsp3) is 0.588. The molecule has 46 heavy (non-hydrogen) atoms. The van der Waals surface area contributed by atoms with Crippen molar-refractivity contribution in [1.82, 2.24) is 4.90 Å². The van der Waals surface area contributed by atoms with Gasteiger partial charge in [-0.3, -0.25) is 9.69 Å². The highest BCUT2D eigenvalue weighted by Crippen LogP contribution is 2.39. The molecule has 2 aromatic rings. The minimum atomic E-state index is -1.16. The zero-order chi connectivity index (χ0) is 33.2. The Labute approximate surface area is 270 Å². The summed E-state index contributed by atoms with van der Waals surface area (Å²) in [7, 11) is 0. The lowest BCUT2D eigenvalue weighted by Gasteiger charge is -2.48. The summed E-state index contributed by atoms with van der Waals surface area (Å²) in [5.41, 5.74) is 11.2. The third kappa shape index (κ3) is 8.98. The van der Waals surface area contributed by atoms with Crippen LogP contribution in [0.2, 0.25) is 0 Å². The normalized spacial score (nSPS) is 30.9. The van der Waals surface area contributed by atoms with Crippen LogP contribution >= 0.6 is 0 Å². The Balaban J connectivity index is 1.52. The molecule has 2 aliphatic rings. The van der Waals surface area contributed by atoms with E-state index >= 15 is 0 Å². The van der Waals surface area contributed by atoms with Gasteiger partial charge in [0.05, 0.1) is 18.8 Å². The fourth-order valence-corrected chi connectivity index (χ4v) is 6.02. The third-order valence-electron chi connectivity index (χ3n) is 8.99. The van der Waals surface area contributed by atoms with Crippen LogP contribution in [0.1, 0.15) is 59.1 Å².